The zero-order valence-corrected chi connectivity index (χ0v) is 15.0. The summed E-state index contributed by atoms with van der Waals surface area (Å²) in [6, 6.07) is 7.93. The second-order valence-corrected chi connectivity index (χ2v) is 6.05. The highest BCUT2D eigenvalue weighted by Crippen LogP contribution is 2.20. The Bertz CT molecular complexity index is 822. The fourth-order valence-corrected chi connectivity index (χ4v) is 2.83. The number of nitrogens with one attached hydrogen (secondary N) is 1. The molecule has 2 aromatic rings. The van der Waals surface area contributed by atoms with Crippen LogP contribution in [0.2, 0.25) is 0 Å². The van der Waals surface area contributed by atoms with Crippen molar-refractivity contribution in [1.82, 2.24) is 14.8 Å². The van der Waals surface area contributed by atoms with Crippen molar-refractivity contribution in [2.24, 2.45) is 0 Å². The predicted molar refractivity (Wildman–Crippen MR) is 98.4 cm³/mol. The van der Waals surface area contributed by atoms with Crippen molar-refractivity contribution in [3.05, 3.63) is 54.1 Å². The molecule has 0 bridgehead atoms. The lowest BCUT2D eigenvalue weighted by atomic mass is 10.2. The highest BCUT2D eigenvalue weighted by molar-refractivity contribution is 5.95. The van der Waals surface area contributed by atoms with Gasteiger partial charge in [-0.05, 0) is 25.1 Å². The number of amides is 2. The standard InChI is InChI=1S/C19H21FN4O3/c1-2-27-19(26)24-9-7-23(8-10-24)18(25)14-11-15(13-21-12-14)22-17-6-4-3-5-16(17)20/h3-6,11-13,22H,2,7-10H2,1H3. The van der Waals surface area contributed by atoms with E-state index in [0.29, 0.717) is 49.7 Å². The fraction of sp³-hybridized carbons (Fsp3) is 0.316. The Kier molecular flexibility index (Phi) is 5.85. The Morgan fingerprint density at radius 1 is 1.15 bits per heavy atom. The van der Waals surface area contributed by atoms with Crippen LogP contribution in [0.3, 0.4) is 0 Å². The molecule has 2 amide bonds. The minimum absolute atomic E-state index is 0.178. The summed E-state index contributed by atoms with van der Waals surface area (Å²) in [5.74, 6) is -0.562. The number of carbonyl (C=O) groups excluding carboxylic acids is 2. The zero-order chi connectivity index (χ0) is 19.2. The first-order valence-corrected chi connectivity index (χ1v) is 8.76. The van der Waals surface area contributed by atoms with E-state index in [-0.39, 0.29) is 17.8 Å². The largest absolute Gasteiger partial charge is 0.450 e. The SMILES string of the molecule is CCOC(=O)N1CCN(C(=O)c2cncc(Nc3ccccc3F)c2)CC1. The number of rotatable bonds is 4. The quantitative estimate of drug-likeness (QED) is 0.893. The molecule has 2 heterocycles. The second-order valence-electron chi connectivity index (χ2n) is 6.05. The molecule has 1 fully saturated rings. The molecule has 3 rings (SSSR count). The van der Waals surface area contributed by atoms with Gasteiger partial charge in [-0.1, -0.05) is 12.1 Å². The number of piperazine rings is 1. The lowest BCUT2D eigenvalue weighted by molar-refractivity contribution is 0.0570. The van der Waals surface area contributed by atoms with Crippen molar-refractivity contribution in [3.8, 4) is 0 Å². The average molecular weight is 372 g/mol. The van der Waals surface area contributed by atoms with Crippen LogP contribution in [0.25, 0.3) is 0 Å². The molecule has 0 saturated carbocycles. The molecule has 8 heteroatoms. The molecular formula is C19H21FN4O3. The molecule has 0 spiro atoms. The minimum Gasteiger partial charge on any atom is -0.450 e. The third-order valence-electron chi connectivity index (χ3n) is 4.23. The molecule has 1 saturated heterocycles. The summed E-state index contributed by atoms with van der Waals surface area (Å²) in [5.41, 5.74) is 1.24. The lowest BCUT2D eigenvalue weighted by Crippen LogP contribution is -2.50. The van der Waals surface area contributed by atoms with Crippen molar-refractivity contribution < 1.29 is 18.7 Å². The van der Waals surface area contributed by atoms with Crippen LogP contribution in [-0.2, 0) is 4.74 Å². The second kappa shape index (κ2) is 8.48. The summed E-state index contributed by atoms with van der Waals surface area (Å²) >= 11 is 0. The monoisotopic (exact) mass is 372 g/mol. The zero-order valence-electron chi connectivity index (χ0n) is 15.0. The van der Waals surface area contributed by atoms with Crippen LogP contribution in [0, 0.1) is 5.82 Å². The van der Waals surface area contributed by atoms with Crippen molar-refractivity contribution in [2.45, 2.75) is 6.92 Å². The number of hydrogen-bond donors (Lipinski definition) is 1. The van der Waals surface area contributed by atoms with Gasteiger partial charge in [-0.15, -0.1) is 0 Å². The maximum absolute atomic E-state index is 13.8. The van der Waals surface area contributed by atoms with E-state index in [9.17, 15) is 14.0 Å². The van der Waals surface area contributed by atoms with Crippen molar-refractivity contribution in [2.75, 3.05) is 38.1 Å². The van der Waals surface area contributed by atoms with Crippen LogP contribution in [0.5, 0.6) is 0 Å². The van der Waals surface area contributed by atoms with Crippen LogP contribution < -0.4 is 5.32 Å². The van der Waals surface area contributed by atoms with E-state index in [1.807, 2.05) is 0 Å². The van der Waals surface area contributed by atoms with E-state index in [1.165, 1.54) is 18.5 Å². The first-order valence-electron chi connectivity index (χ1n) is 8.76. The number of pyridine rings is 1. The third kappa shape index (κ3) is 4.52. The molecule has 0 aliphatic carbocycles. The lowest BCUT2D eigenvalue weighted by Gasteiger charge is -2.34. The normalized spacial score (nSPS) is 14.0. The molecule has 142 valence electrons. The molecule has 1 N–H and O–H groups in total. The number of ether oxygens (including phenoxy) is 1. The number of anilines is 2. The Morgan fingerprint density at radius 3 is 2.56 bits per heavy atom. The van der Waals surface area contributed by atoms with Gasteiger partial charge >= 0.3 is 6.09 Å². The highest BCUT2D eigenvalue weighted by Gasteiger charge is 2.25. The first-order chi connectivity index (χ1) is 13.1. The molecule has 27 heavy (non-hydrogen) atoms. The van der Waals surface area contributed by atoms with Crippen molar-refractivity contribution >= 4 is 23.4 Å². The Morgan fingerprint density at radius 2 is 1.85 bits per heavy atom. The summed E-state index contributed by atoms with van der Waals surface area (Å²) in [6.07, 6.45) is 2.65. The maximum atomic E-state index is 13.8. The topological polar surface area (TPSA) is 74.8 Å². The van der Waals surface area contributed by atoms with E-state index in [1.54, 1.807) is 41.0 Å². The summed E-state index contributed by atoms with van der Waals surface area (Å²) in [4.78, 5) is 31.8. The van der Waals surface area contributed by atoms with Crippen molar-refractivity contribution in [1.29, 1.82) is 0 Å². The molecular weight excluding hydrogens is 351 g/mol. The van der Waals surface area contributed by atoms with E-state index < -0.39 is 0 Å². The van der Waals surface area contributed by atoms with Crippen LogP contribution in [0.1, 0.15) is 17.3 Å². The van der Waals surface area contributed by atoms with Gasteiger partial charge in [0.05, 0.1) is 29.7 Å². The number of nitrogens with zero attached hydrogens (tertiary/aromatic N) is 3. The fourth-order valence-electron chi connectivity index (χ4n) is 2.83. The molecule has 1 aromatic carbocycles. The maximum Gasteiger partial charge on any atom is 0.409 e. The molecule has 0 radical (unpaired) electrons. The molecule has 1 aliphatic heterocycles. The number of halogens is 1. The predicted octanol–water partition coefficient (Wildman–Crippen LogP) is 2.88. The van der Waals surface area contributed by atoms with Crippen LogP contribution in [0.15, 0.2) is 42.7 Å². The summed E-state index contributed by atoms with van der Waals surface area (Å²) < 4.78 is 18.8. The Labute approximate surface area is 156 Å². The average Bonchev–Trinajstić information content (AvgIpc) is 2.70. The summed E-state index contributed by atoms with van der Waals surface area (Å²) in [5, 5.41) is 2.93. The minimum atomic E-state index is -0.385. The van der Waals surface area contributed by atoms with Gasteiger partial charge in [0.25, 0.3) is 5.91 Å². The number of hydrogen-bond acceptors (Lipinski definition) is 5. The van der Waals surface area contributed by atoms with Gasteiger partial charge in [-0.25, -0.2) is 9.18 Å². The van der Waals surface area contributed by atoms with E-state index in [4.69, 9.17) is 4.74 Å². The Balaban J connectivity index is 1.64. The van der Waals surface area contributed by atoms with E-state index >= 15 is 0 Å². The van der Waals surface area contributed by atoms with Gasteiger partial charge in [0, 0.05) is 32.4 Å². The van der Waals surface area contributed by atoms with Crippen molar-refractivity contribution in [3.63, 3.8) is 0 Å². The first kappa shape index (κ1) is 18.6. The number of aromatic nitrogens is 1. The van der Waals surface area contributed by atoms with Gasteiger partial charge in [0.15, 0.2) is 0 Å². The van der Waals surface area contributed by atoms with Gasteiger partial charge in [-0.3, -0.25) is 9.78 Å². The molecule has 7 nitrogen and oxygen atoms in total. The summed E-state index contributed by atoms with van der Waals surface area (Å²) in [7, 11) is 0. The highest BCUT2D eigenvalue weighted by atomic mass is 19.1. The third-order valence-corrected chi connectivity index (χ3v) is 4.23. The molecule has 1 aliphatic rings. The van der Waals surface area contributed by atoms with Gasteiger partial charge in [0.2, 0.25) is 0 Å². The van der Waals surface area contributed by atoms with Crippen LogP contribution in [-0.4, -0.2) is 59.6 Å². The molecule has 0 unspecified atom stereocenters. The van der Waals surface area contributed by atoms with E-state index in [0.717, 1.165) is 0 Å². The molecule has 0 atom stereocenters. The van der Waals surface area contributed by atoms with Crippen LogP contribution in [0.4, 0.5) is 20.6 Å². The van der Waals surface area contributed by atoms with Gasteiger partial charge < -0.3 is 19.9 Å². The van der Waals surface area contributed by atoms with Gasteiger partial charge in [-0.2, -0.15) is 0 Å². The summed E-state index contributed by atoms with van der Waals surface area (Å²) in [6.45, 7) is 3.76. The van der Waals surface area contributed by atoms with Gasteiger partial charge in [0.1, 0.15) is 5.82 Å². The number of benzene rings is 1. The molecule has 1 aromatic heterocycles. The Hall–Kier alpha value is -3.16. The van der Waals surface area contributed by atoms with E-state index in [2.05, 4.69) is 10.3 Å². The number of para-hydroxylation sites is 1. The number of carbonyl (C=O) groups is 2. The van der Waals surface area contributed by atoms with Crippen LogP contribution >= 0.6 is 0 Å². The smallest absolute Gasteiger partial charge is 0.409 e.